The highest BCUT2D eigenvalue weighted by atomic mass is 16.3. The predicted molar refractivity (Wildman–Crippen MR) is 60.7 cm³/mol. The first kappa shape index (κ1) is 10.9. The molecule has 0 radical (unpaired) electrons. The maximum atomic E-state index is 5.46. The molecule has 16 heavy (non-hydrogen) atoms. The Balaban J connectivity index is 2.23. The average Bonchev–Trinajstić information content (AvgIpc) is 2.82. The van der Waals surface area contributed by atoms with Crippen molar-refractivity contribution in [3.63, 3.8) is 0 Å². The fraction of sp³-hybridized carbons (Fsp3) is 0.455. The van der Waals surface area contributed by atoms with Gasteiger partial charge in [0.15, 0.2) is 0 Å². The van der Waals surface area contributed by atoms with Crippen molar-refractivity contribution in [1.82, 2.24) is 20.3 Å². The summed E-state index contributed by atoms with van der Waals surface area (Å²) in [5.74, 6) is 0.916. The number of aromatic nitrogens is 3. The lowest BCUT2D eigenvalue weighted by Crippen LogP contribution is -2.21. The summed E-state index contributed by atoms with van der Waals surface area (Å²) in [7, 11) is 1.87. The van der Waals surface area contributed by atoms with Crippen molar-refractivity contribution in [3.8, 4) is 11.3 Å². The number of aryl methyl sites for hydroxylation is 1. The lowest BCUT2D eigenvalue weighted by molar-refractivity contribution is 0.466. The van der Waals surface area contributed by atoms with E-state index >= 15 is 0 Å². The largest absolute Gasteiger partial charge is 0.467 e. The minimum absolute atomic E-state index is 0.433. The molecule has 0 bridgehead atoms. The lowest BCUT2D eigenvalue weighted by atomic mass is 10.2. The van der Waals surface area contributed by atoms with Crippen LogP contribution in [0.15, 0.2) is 22.9 Å². The van der Waals surface area contributed by atoms with Crippen LogP contribution in [-0.2, 0) is 13.6 Å². The zero-order valence-corrected chi connectivity index (χ0v) is 9.77. The Hall–Kier alpha value is -1.62. The summed E-state index contributed by atoms with van der Waals surface area (Å²) in [6.07, 6.45) is 3.43. The molecule has 0 saturated heterocycles. The maximum absolute atomic E-state index is 5.46. The third-order valence-electron chi connectivity index (χ3n) is 2.41. The molecule has 1 N–H and O–H groups in total. The summed E-state index contributed by atoms with van der Waals surface area (Å²) in [6, 6.07) is 2.37. The highest BCUT2D eigenvalue weighted by Crippen LogP contribution is 2.23. The van der Waals surface area contributed by atoms with Gasteiger partial charge in [-0.25, -0.2) is 4.68 Å². The first-order chi connectivity index (χ1) is 7.68. The van der Waals surface area contributed by atoms with E-state index in [4.69, 9.17) is 4.42 Å². The van der Waals surface area contributed by atoms with Crippen LogP contribution in [-0.4, -0.2) is 21.0 Å². The summed E-state index contributed by atoms with van der Waals surface area (Å²) < 4.78 is 7.20. The van der Waals surface area contributed by atoms with Gasteiger partial charge in [0.05, 0.1) is 24.7 Å². The van der Waals surface area contributed by atoms with Gasteiger partial charge < -0.3 is 9.73 Å². The smallest absolute Gasteiger partial charge is 0.126 e. The molecule has 0 aliphatic carbocycles. The Morgan fingerprint density at radius 2 is 2.31 bits per heavy atom. The van der Waals surface area contributed by atoms with Gasteiger partial charge in [-0.05, 0) is 6.07 Å². The van der Waals surface area contributed by atoms with Crippen LogP contribution in [0, 0.1) is 0 Å². The molecule has 2 aromatic heterocycles. The van der Waals surface area contributed by atoms with Gasteiger partial charge in [0.1, 0.15) is 5.76 Å². The fourth-order valence-electron chi connectivity index (χ4n) is 1.54. The van der Waals surface area contributed by atoms with E-state index in [1.807, 2.05) is 13.1 Å². The summed E-state index contributed by atoms with van der Waals surface area (Å²) in [5.41, 5.74) is 2.01. The third-order valence-corrected chi connectivity index (χ3v) is 2.41. The van der Waals surface area contributed by atoms with Crippen LogP contribution in [0.25, 0.3) is 11.3 Å². The number of rotatable bonds is 4. The molecule has 0 fully saturated rings. The molecule has 0 unspecified atom stereocenters. The number of hydrogen-bond donors (Lipinski definition) is 1. The summed E-state index contributed by atoms with van der Waals surface area (Å²) >= 11 is 0. The van der Waals surface area contributed by atoms with Gasteiger partial charge in [0, 0.05) is 18.7 Å². The van der Waals surface area contributed by atoms with E-state index in [-0.39, 0.29) is 0 Å². The van der Waals surface area contributed by atoms with E-state index in [1.54, 1.807) is 17.1 Å². The van der Waals surface area contributed by atoms with Crippen molar-refractivity contribution in [3.05, 3.63) is 24.3 Å². The topological polar surface area (TPSA) is 55.9 Å². The molecule has 5 heteroatoms. The fourth-order valence-corrected chi connectivity index (χ4v) is 1.54. The van der Waals surface area contributed by atoms with E-state index < -0.39 is 0 Å². The molecule has 0 spiro atoms. The molecule has 0 aliphatic rings. The summed E-state index contributed by atoms with van der Waals surface area (Å²) in [6.45, 7) is 4.92. The minimum Gasteiger partial charge on any atom is -0.467 e. The van der Waals surface area contributed by atoms with Crippen molar-refractivity contribution in [2.75, 3.05) is 0 Å². The molecule has 0 amide bonds. The van der Waals surface area contributed by atoms with Crippen molar-refractivity contribution in [1.29, 1.82) is 0 Å². The van der Waals surface area contributed by atoms with Gasteiger partial charge in [-0.3, -0.25) is 0 Å². The van der Waals surface area contributed by atoms with Crippen LogP contribution in [0.5, 0.6) is 0 Å². The van der Waals surface area contributed by atoms with E-state index in [0.717, 1.165) is 17.0 Å². The highest BCUT2D eigenvalue weighted by Gasteiger charge is 2.12. The molecule has 5 nitrogen and oxygen atoms in total. The zero-order valence-electron chi connectivity index (χ0n) is 9.77. The maximum Gasteiger partial charge on any atom is 0.126 e. The second kappa shape index (κ2) is 4.49. The molecular weight excluding hydrogens is 204 g/mol. The van der Waals surface area contributed by atoms with E-state index in [9.17, 15) is 0 Å². The van der Waals surface area contributed by atoms with E-state index in [1.165, 1.54) is 0 Å². The zero-order chi connectivity index (χ0) is 11.5. The Morgan fingerprint density at radius 3 is 2.94 bits per heavy atom. The molecule has 0 aromatic carbocycles. The van der Waals surface area contributed by atoms with Gasteiger partial charge in [0.25, 0.3) is 0 Å². The quantitative estimate of drug-likeness (QED) is 0.849. The molecule has 0 aliphatic heterocycles. The SMILES string of the molecule is CC(C)NCc1occc1-c1cnnn1C. The Morgan fingerprint density at radius 1 is 1.50 bits per heavy atom. The number of nitrogens with one attached hydrogen (secondary N) is 1. The second-order valence-electron chi connectivity index (χ2n) is 4.04. The van der Waals surface area contributed by atoms with Crippen molar-refractivity contribution >= 4 is 0 Å². The number of hydrogen-bond acceptors (Lipinski definition) is 4. The molecule has 0 atom stereocenters. The third kappa shape index (κ3) is 2.14. The van der Waals surface area contributed by atoms with Gasteiger partial charge in [-0.2, -0.15) is 0 Å². The molecular formula is C11H16N4O. The van der Waals surface area contributed by atoms with Crippen LogP contribution < -0.4 is 5.32 Å². The molecule has 2 heterocycles. The molecule has 0 saturated carbocycles. The summed E-state index contributed by atoms with van der Waals surface area (Å²) in [5, 5.41) is 11.1. The Labute approximate surface area is 94.5 Å². The first-order valence-corrected chi connectivity index (χ1v) is 5.33. The van der Waals surface area contributed by atoms with Crippen LogP contribution >= 0.6 is 0 Å². The number of furan rings is 1. The van der Waals surface area contributed by atoms with Gasteiger partial charge in [-0.15, -0.1) is 5.10 Å². The normalized spacial score (nSPS) is 11.2. The van der Waals surface area contributed by atoms with Gasteiger partial charge in [0.2, 0.25) is 0 Å². The predicted octanol–water partition coefficient (Wildman–Crippen LogP) is 1.57. The Kier molecular flexibility index (Phi) is 3.05. The van der Waals surface area contributed by atoms with Gasteiger partial charge >= 0.3 is 0 Å². The lowest BCUT2D eigenvalue weighted by Gasteiger charge is -2.07. The second-order valence-corrected chi connectivity index (χ2v) is 4.04. The van der Waals surface area contributed by atoms with Crippen molar-refractivity contribution < 1.29 is 4.42 Å². The standard InChI is InChI=1S/C11H16N4O/c1-8(2)12-7-11-9(4-5-16-11)10-6-13-14-15(10)3/h4-6,8,12H,7H2,1-3H3. The molecule has 86 valence electrons. The van der Waals surface area contributed by atoms with E-state index in [2.05, 4.69) is 29.5 Å². The van der Waals surface area contributed by atoms with Crippen molar-refractivity contribution in [2.45, 2.75) is 26.4 Å². The van der Waals surface area contributed by atoms with Crippen LogP contribution in [0.2, 0.25) is 0 Å². The van der Waals surface area contributed by atoms with Crippen LogP contribution in [0.3, 0.4) is 0 Å². The van der Waals surface area contributed by atoms with Crippen LogP contribution in [0.4, 0.5) is 0 Å². The van der Waals surface area contributed by atoms with Crippen molar-refractivity contribution in [2.24, 2.45) is 7.05 Å². The highest BCUT2D eigenvalue weighted by molar-refractivity contribution is 5.60. The van der Waals surface area contributed by atoms with Gasteiger partial charge in [-0.1, -0.05) is 19.1 Å². The molecule has 2 rings (SSSR count). The summed E-state index contributed by atoms with van der Waals surface area (Å²) in [4.78, 5) is 0. The average molecular weight is 220 g/mol. The minimum atomic E-state index is 0.433. The number of nitrogens with zero attached hydrogens (tertiary/aromatic N) is 3. The molecule has 2 aromatic rings. The van der Waals surface area contributed by atoms with Crippen LogP contribution in [0.1, 0.15) is 19.6 Å². The first-order valence-electron chi connectivity index (χ1n) is 5.33. The van der Waals surface area contributed by atoms with E-state index in [0.29, 0.717) is 12.6 Å². The monoisotopic (exact) mass is 220 g/mol. The Bertz CT molecular complexity index is 458.